The van der Waals surface area contributed by atoms with E-state index in [0.717, 1.165) is 66.7 Å². The summed E-state index contributed by atoms with van der Waals surface area (Å²) in [4.78, 5) is 25.6. The van der Waals surface area contributed by atoms with Gasteiger partial charge in [-0.25, -0.2) is 0 Å². The Morgan fingerprint density at radius 3 is 2.97 bits per heavy atom. The quantitative estimate of drug-likeness (QED) is 0.405. The van der Waals surface area contributed by atoms with Gasteiger partial charge in [-0.1, -0.05) is 0 Å². The topological polar surface area (TPSA) is 58.6 Å². The highest BCUT2D eigenvalue weighted by Gasteiger charge is 2.29. The summed E-state index contributed by atoms with van der Waals surface area (Å²) >= 11 is 0. The summed E-state index contributed by atoms with van der Waals surface area (Å²) in [6.07, 6.45) is 11.7. The second kappa shape index (κ2) is 9.25. The summed E-state index contributed by atoms with van der Waals surface area (Å²) in [6.45, 7) is 5.35. The van der Waals surface area contributed by atoms with Crippen LogP contribution in [0.2, 0.25) is 0 Å². The van der Waals surface area contributed by atoms with Crippen molar-refractivity contribution in [2.24, 2.45) is 0 Å². The molecule has 5 rings (SSSR count). The highest BCUT2D eigenvalue weighted by atomic mass is 16.5. The van der Waals surface area contributed by atoms with Crippen molar-refractivity contribution >= 4 is 28.6 Å². The molecule has 2 aliphatic rings. The summed E-state index contributed by atoms with van der Waals surface area (Å²) in [5, 5.41) is 0.967. The Labute approximate surface area is 189 Å². The molecule has 4 heterocycles. The van der Waals surface area contributed by atoms with Crippen LogP contribution in [0.5, 0.6) is 5.75 Å². The first-order valence-corrected chi connectivity index (χ1v) is 11.7. The molecular formula is C26H30N4O2. The minimum absolute atomic E-state index is 0.230. The predicted molar refractivity (Wildman–Crippen MR) is 127 cm³/mol. The lowest BCUT2D eigenvalue weighted by molar-refractivity contribution is -0.109. The smallest absolute Gasteiger partial charge is 0.142 e. The molecule has 0 aliphatic carbocycles. The van der Waals surface area contributed by atoms with Gasteiger partial charge in [0.05, 0.1) is 30.0 Å². The zero-order chi connectivity index (χ0) is 21.9. The number of hydrogen-bond acceptors (Lipinski definition) is 6. The molecule has 32 heavy (non-hydrogen) atoms. The monoisotopic (exact) mass is 430 g/mol. The molecule has 6 nitrogen and oxygen atoms in total. The zero-order valence-corrected chi connectivity index (χ0v) is 18.6. The van der Waals surface area contributed by atoms with Crippen molar-refractivity contribution in [3.8, 4) is 5.75 Å². The highest BCUT2D eigenvalue weighted by molar-refractivity contribution is 5.94. The lowest BCUT2D eigenvalue weighted by atomic mass is 9.95. The van der Waals surface area contributed by atoms with Crippen LogP contribution in [-0.2, 0) is 11.2 Å². The molecular weight excluding hydrogens is 400 g/mol. The van der Waals surface area contributed by atoms with Crippen molar-refractivity contribution in [2.45, 2.75) is 51.1 Å². The molecule has 2 aliphatic heterocycles. The zero-order valence-electron chi connectivity index (χ0n) is 18.6. The number of carbonyl (C=O) groups is 1. The maximum Gasteiger partial charge on any atom is 0.142 e. The molecule has 1 aromatic carbocycles. The van der Waals surface area contributed by atoms with E-state index in [1.165, 1.54) is 24.9 Å². The maximum atomic E-state index is 12.0. The van der Waals surface area contributed by atoms with Gasteiger partial charge in [-0.3, -0.25) is 9.97 Å². The average Bonchev–Trinajstić information content (AvgIpc) is 3.25. The molecule has 166 valence electrons. The second-order valence-corrected chi connectivity index (χ2v) is 8.87. The molecule has 2 atom stereocenters. The molecule has 1 saturated heterocycles. The number of rotatable bonds is 7. The highest BCUT2D eigenvalue weighted by Crippen LogP contribution is 2.40. The van der Waals surface area contributed by atoms with E-state index in [-0.39, 0.29) is 6.04 Å². The Morgan fingerprint density at radius 1 is 1.19 bits per heavy atom. The molecule has 6 heteroatoms. The maximum absolute atomic E-state index is 12.0. The van der Waals surface area contributed by atoms with Gasteiger partial charge in [0.25, 0.3) is 0 Å². The first kappa shape index (κ1) is 20.9. The van der Waals surface area contributed by atoms with E-state index in [4.69, 9.17) is 4.74 Å². The van der Waals surface area contributed by atoms with E-state index in [1.807, 2.05) is 30.6 Å². The van der Waals surface area contributed by atoms with Crippen molar-refractivity contribution in [3.63, 3.8) is 0 Å². The molecule has 0 radical (unpaired) electrons. The summed E-state index contributed by atoms with van der Waals surface area (Å²) in [7, 11) is 0. The molecule has 2 aromatic heterocycles. The second-order valence-electron chi connectivity index (χ2n) is 8.87. The summed E-state index contributed by atoms with van der Waals surface area (Å²) in [6, 6.07) is 10.6. The number of benzene rings is 1. The van der Waals surface area contributed by atoms with E-state index in [1.54, 1.807) is 6.20 Å². The number of carbonyl (C=O) groups excluding carboxylic acids is 1. The van der Waals surface area contributed by atoms with Gasteiger partial charge in [0.1, 0.15) is 12.0 Å². The first-order chi connectivity index (χ1) is 15.7. The number of aromatic nitrogens is 2. The minimum Gasteiger partial charge on any atom is -0.494 e. The number of hydrogen-bond donors (Lipinski definition) is 0. The van der Waals surface area contributed by atoms with E-state index >= 15 is 0 Å². The van der Waals surface area contributed by atoms with Crippen LogP contribution in [0, 0.1) is 0 Å². The van der Waals surface area contributed by atoms with E-state index in [0.29, 0.717) is 6.04 Å². The number of aryl methyl sites for hydroxylation is 1. The van der Waals surface area contributed by atoms with E-state index in [2.05, 4.69) is 38.8 Å². The van der Waals surface area contributed by atoms with Crippen LogP contribution in [-0.4, -0.2) is 52.9 Å². The van der Waals surface area contributed by atoms with Crippen LogP contribution in [0.1, 0.15) is 38.2 Å². The third-order valence-electron chi connectivity index (χ3n) is 6.81. The number of likely N-dealkylation sites (tertiary alicyclic amines) is 1. The normalized spacial score (nSPS) is 21.0. The summed E-state index contributed by atoms with van der Waals surface area (Å²) in [5.74, 6) is 0.900. The van der Waals surface area contributed by atoms with Crippen LogP contribution in [0.4, 0.5) is 11.4 Å². The van der Waals surface area contributed by atoms with Crippen LogP contribution in [0.3, 0.4) is 0 Å². The molecule has 1 unspecified atom stereocenters. The number of fused-ring (bicyclic) bond motifs is 2. The molecule has 0 spiro atoms. The number of aldehydes is 1. The third-order valence-corrected chi connectivity index (χ3v) is 6.81. The first-order valence-electron chi connectivity index (χ1n) is 11.7. The lowest BCUT2D eigenvalue weighted by Crippen LogP contribution is -2.37. The van der Waals surface area contributed by atoms with Crippen LogP contribution < -0.4 is 9.64 Å². The third kappa shape index (κ3) is 4.07. The fourth-order valence-corrected chi connectivity index (χ4v) is 5.08. The van der Waals surface area contributed by atoms with Crippen LogP contribution in [0.15, 0.2) is 48.9 Å². The number of nitrogens with zero attached hydrogens (tertiary/aromatic N) is 4. The van der Waals surface area contributed by atoms with E-state index < -0.39 is 0 Å². The number of pyridine rings is 2. The molecule has 3 aromatic rings. The molecule has 0 saturated carbocycles. The Balaban J connectivity index is 1.35. The average molecular weight is 431 g/mol. The van der Waals surface area contributed by atoms with Crippen molar-refractivity contribution in [1.29, 1.82) is 0 Å². The van der Waals surface area contributed by atoms with Gasteiger partial charge in [0.2, 0.25) is 0 Å². The number of anilines is 2. The van der Waals surface area contributed by atoms with Gasteiger partial charge in [-0.15, -0.1) is 0 Å². The predicted octanol–water partition coefficient (Wildman–Crippen LogP) is 4.53. The Kier molecular flexibility index (Phi) is 6.04. The molecule has 0 amide bonds. The fraction of sp³-hybridized carbons (Fsp3) is 0.423. The summed E-state index contributed by atoms with van der Waals surface area (Å²) in [5.41, 5.74) is 3.96. The Hall–Kier alpha value is -2.99. The van der Waals surface area contributed by atoms with Gasteiger partial charge >= 0.3 is 0 Å². The Morgan fingerprint density at radius 2 is 2.12 bits per heavy atom. The van der Waals surface area contributed by atoms with Gasteiger partial charge in [0, 0.05) is 36.1 Å². The van der Waals surface area contributed by atoms with Gasteiger partial charge < -0.3 is 19.3 Å². The van der Waals surface area contributed by atoms with Gasteiger partial charge in [-0.2, -0.15) is 0 Å². The van der Waals surface area contributed by atoms with Crippen LogP contribution >= 0.6 is 0 Å². The number of ether oxygens (including phenoxy) is 1. The largest absolute Gasteiger partial charge is 0.494 e. The van der Waals surface area contributed by atoms with Crippen LogP contribution in [0.25, 0.3) is 10.9 Å². The van der Waals surface area contributed by atoms with E-state index in [9.17, 15) is 4.79 Å². The SMILES string of the molecule is C[C@@H]1CCCN1CCCOc1ccc2c(c1)CCC(C=O)N2c1cncc2cccnc12. The van der Waals surface area contributed by atoms with Crippen molar-refractivity contribution in [3.05, 3.63) is 54.5 Å². The Bertz CT molecular complexity index is 1100. The standard InChI is InChI=1S/C26H30N4O2/c1-19-5-3-12-29(19)13-4-14-32-23-9-10-24-20(15-23)7-8-22(18-31)30(24)25-17-27-16-21-6-2-11-28-26(21)25/h2,6,9-11,15-19,22H,3-5,7-8,12-14H2,1H3/t19-,22?/m1/s1. The minimum atomic E-state index is -0.230. The molecule has 0 bridgehead atoms. The molecule has 0 N–H and O–H groups in total. The van der Waals surface area contributed by atoms with Gasteiger partial charge in [-0.05, 0) is 81.5 Å². The summed E-state index contributed by atoms with van der Waals surface area (Å²) < 4.78 is 6.09. The fourth-order valence-electron chi connectivity index (χ4n) is 5.08. The van der Waals surface area contributed by atoms with Gasteiger partial charge in [0.15, 0.2) is 0 Å². The van der Waals surface area contributed by atoms with Crippen molar-refractivity contribution in [1.82, 2.24) is 14.9 Å². The van der Waals surface area contributed by atoms with Crippen molar-refractivity contribution < 1.29 is 9.53 Å². The van der Waals surface area contributed by atoms with Crippen molar-refractivity contribution in [2.75, 3.05) is 24.6 Å². The lowest BCUT2D eigenvalue weighted by Gasteiger charge is -2.36. The molecule has 1 fully saturated rings.